The van der Waals surface area contributed by atoms with Crippen molar-refractivity contribution in [2.24, 2.45) is 0 Å². The van der Waals surface area contributed by atoms with Gasteiger partial charge in [-0.25, -0.2) is 8.42 Å². The predicted molar refractivity (Wildman–Crippen MR) is 62.5 cm³/mol. The summed E-state index contributed by atoms with van der Waals surface area (Å²) in [5, 5.41) is -0.412. The van der Waals surface area contributed by atoms with Crippen molar-refractivity contribution in [3.8, 4) is 0 Å². The Morgan fingerprint density at radius 1 is 1.27 bits per heavy atom. The van der Waals surface area contributed by atoms with Gasteiger partial charge in [0, 0.05) is 0 Å². The number of hydrogen-bond acceptors (Lipinski definition) is 2. The van der Waals surface area contributed by atoms with Crippen LogP contribution in [0.15, 0.2) is 47.4 Å². The van der Waals surface area contributed by atoms with Crippen LogP contribution in [0, 0.1) is 0 Å². The highest BCUT2D eigenvalue weighted by Crippen LogP contribution is 2.18. The third-order valence-electron chi connectivity index (χ3n) is 2.28. The van der Waals surface area contributed by atoms with Crippen molar-refractivity contribution in [3.05, 3.63) is 42.5 Å². The summed E-state index contributed by atoms with van der Waals surface area (Å²) in [7, 11) is -3.20. The van der Waals surface area contributed by atoms with E-state index in [0.29, 0.717) is 11.3 Å². The summed E-state index contributed by atoms with van der Waals surface area (Å²) in [5.41, 5.74) is 0. The standard InChI is InChI=1S/C12H16O2S/c1-3-8-11(4-2)15(13,14)12-9-6-5-7-10-12/h3,5-11H,4H2,1-2H3/b8-3+. The molecule has 0 aliphatic heterocycles. The Kier molecular flexibility index (Phi) is 4.09. The van der Waals surface area contributed by atoms with E-state index in [0.717, 1.165) is 0 Å². The molecule has 15 heavy (non-hydrogen) atoms. The van der Waals surface area contributed by atoms with Crippen LogP contribution in [0.5, 0.6) is 0 Å². The number of rotatable bonds is 4. The average Bonchev–Trinajstić information content (AvgIpc) is 2.27. The Labute approximate surface area is 91.6 Å². The van der Waals surface area contributed by atoms with Crippen LogP contribution in [-0.2, 0) is 9.84 Å². The quantitative estimate of drug-likeness (QED) is 0.737. The molecule has 0 aromatic heterocycles. The molecule has 3 heteroatoms. The predicted octanol–water partition coefficient (Wildman–Crippen LogP) is 2.82. The summed E-state index contributed by atoms with van der Waals surface area (Å²) in [4.78, 5) is 0.398. The Balaban J connectivity index is 3.12. The molecular formula is C12H16O2S. The van der Waals surface area contributed by atoms with E-state index in [4.69, 9.17) is 0 Å². The Bertz CT molecular complexity index is 418. The van der Waals surface area contributed by atoms with Gasteiger partial charge in [0.2, 0.25) is 0 Å². The first-order valence-electron chi connectivity index (χ1n) is 5.04. The highest BCUT2D eigenvalue weighted by molar-refractivity contribution is 7.92. The highest BCUT2D eigenvalue weighted by Gasteiger charge is 2.22. The first-order valence-corrected chi connectivity index (χ1v) is 6.59. The van der Waals surface area contributed by atoms with E-state index < -0.39 is 15.1 Å². The van der Waals surface area contributed by atoms with E-state index in [2.05, 4.69) is 0 Å². The molecule has 0 radical (unpaired) electrons. The molecule has 0 saturated heterocycles. The smallest absolute Gasteiger partial charge is 0.184 e. The number of allylic oxidation sites excluding steroid dienone is 1. The maximum atomic E-state index is 12.1. The van der Waals surface area contributed by atoms with Crippen molar-refractivity contribution in [1.29, 1.82) is 0 Å². The summed E-state index contributed by atoms with van der Waals surface area (Å²) in [6.45, 7) is 3.72. The van der Waals surface area contributed by atoms with E-state index in [1.807, 2.05) is 19.9 Å². The largest absolute Gasteiger partial charge is 0.223 e. The molecule has 1 rings (SSSR count). The number of hydrogen-bond donors (Lipinski definition) is 0. The Morgan fingerprint density at radius 2 is 1.87 bits per heavy atom. The fraction of sp³-hybridized carbons (Fsp3) is 0.333. The third-order valence-corrected chi connectivity index (χ3v) is 4.50. The molecule has 0 aliphatic carbocycles. The molecule has 1 aromatic carbocycles. The van der Waals surface area contributed by atoms with Gasteiger partial charge in [-0.2, -0.15) is 0 Å². The molecule has 0 heterocycles. The summed E-state index contributed by atoms with van der Waals surface area (Å²) in [5.74, 6) is 0. The van der Waals surface area contributed by atoms with Crippen molar-refractivity contribution >= 4 is 9.84 Å². The molecule has 0 bridgehead atoms. The second-order valence-corrected chi connectivity index (χ2v) is 5.50. The molecule has 82 valence electrons. The zero-order valence-corrected chi connectivity index (χ0v) is 9.87. The maximum Gasteiger partial charge on any atom is 0.184 e. The minimum Gasteiger partial charge on any atom is -0.223 e. The zero-order chi connectivity index (χ0) is 11.3. The van der Waals surface area contributed by atoms with Gasteiger partial charge in [-0.05, 0) is 25.5 Å². The van der Waals surface area contributed by atoms with Crippen LogP contribution in [0.2, 0.25) is 0 Å². The number of sulfone groups is 1. The topological polar surface area (TPSA) is 34.1 Å². The first-order chi connectivity index (χ1) is 7.12. The summed E-state index contributed by atoms with van der Waals surface area (Å²) in [6, 6.07) is 8.59. The lowest BCUT2D eigenvalue weighted by Gasteiger charge is -2.11. The molecule has 0 saturated carbocycles. The van der Waals surface area contributed by atoms with Crippen LogP contribution in [0.25, 0.3) is 0 Å². The van der Waals surface area contributed by atoms with Crippen LogP contribution in [0.1, 0.15) is 20.3 Å². The van der Waals surface area contributed by atoms with Crippen molar-refractivity contribution in [1.82, 2.24) is 0 Å². The molecule has 1 aromatic rings. The molecule has 1 unspecified atom stereocenters. The molecular weight excluding hydrogens is 208 g/mol. The molecule has 0 amide bonds. The van der Waals surface area contributed by atoms with Gasteiger partial charge in [0.1, 0.15) is 0 Å². The lowest BCUT2D eigenvalue weighted by molar-refractivity contribution is 0.586. The normalized spacial score (nSPS) is 14.3. The average molecular weight is 224 g/mol. The maximum absolute atomic E-state index is 12.1. The Hall–Kier alpha value is -1.09. The number of benzene rings is 1. The molecule has 0 fully saturated rings. The third kappa shape index (κ3) is 2.69. The monoisotopic (exact) mass is 224 g/mol. The van der Waals surface area contributed by atoms with E-state index in [-0.39, 0.29) is 0 Å². The lowest BCUT2D eigenvalue weighted by atomic mass is 10.3. The molecule has 0 N–H and O–H groups in total. The highest BCUT2D eigenvalue weighted by atomic mass is 32.2. The van der Waals surface area contributed by atoms with Gasteiger partial charge >= 0.3 is 0 Å². The lowest BCUT2D eigenvalue weighted by Crippen LogP contribution is -2.18. The minimum absolute atomic E-state index is 0.398. The first kappa shape index (κ1) is 12.0. The second kappa shape index (κ2) is 5.12. The summed E-state index contributed by atoms with van der Waals surface area (Å²) in [6.07, 6.45) is 4.12. The van der Waals surface area contributed by atoms with Gasteiger partial charge in [-0.1, -0.05) is 37.3 Å². The molecule has 1 atom stereocenters. The van der Waals surface area contributed by atoms with Crippen LogP contribution in [0.4, 0.5) is 0 Å². The van der Waals surface area contributed by atoms with Gasteiger partial charge in [0.15, 0.2) is 9.84 Å². The Morgan fingerprint density at radius 3 is 2.33 bits per heavy atom. The van der Waals surface area contributed by atoms with Gasteiger partial charge in [-0.15, -0.1) is 0 Å². The van der Waals surface area contributed by atoms with E-state index in [9.17, 15) is 8.42 Å². The van der Waals surface area contributed by atoms with E-state index >= 15 is 0 Å². The molecule has 0 spiro atoms. The van der Waals surface area contributed by atoms with Crippen molar-refractivity contribution in [2.75, 3.05) is 0 Å². The van der Waals surface area contributed by atoms with E-state index in [1.54, 1.807) is 36.4 Å². The van der Waals surface area contributed by atoms with Crippen LogP contribution < -0.4 is 0 Å². The van der Waals surface area contributed by atoms with Crippen LogP contribution in [-0.4, -0.2) is 13.7 Å². The summed E-state index contributed by atoms with van der Waals surface area (Å²) < 4.78 is 24.2. The molecule has 2 nitrogen and oxygen atoms in total. The fourth-order valence-corrected chi connectivity index (χ4v) is 3.15. The van der Waals surface area contributed by atoms with Crippen molar-refractivity contribution in [3.63, 3.8) is 0 Å². The fourth-order valence-electron chi connectivity index (χ4n) is 1.46. The van der Waals surface area contributed by atoms with Gasteiger partial charge in [0.05, 0.1) is 10.1 Å². The molecule has 0 aliphatic rings. The van der Waals surface area contributed by atoms with Gasteiger partial charge in [-0.3, -0.25) is 0 Å². The summed E-state index contributed by atoms with van der Waals surface area (Å²) >= 11 is 0. The minimum atomic E-state index is -3.20. The second-order valence-electron chi connectivity index (χ2n) is 3.33. The van der Waals surface area contributed by atoms with Crippen molar-refractivity contribution in [2.45, 2.75) is 30.4 Å². The van der Waals surface area contributed by atoms with Crippen LogP contribution >= 0.6 is 0 Å². The van der Waals surface area contributed by atoms with Gasteiger partial charge in [0.25, 0.3) is 0 Å². The zero-order valence-electron chi connectivity index (χ0n) is 9.05. The van der Waals surface area contributed by atoms with E-state index in [1.165, 1.54) is 0 Å². The van der Waals surface area contributed by atoms with Gasteiger partial charge < -0.3 is 0 Å². The SMILES string of the molecule is C/C=C/C(CC)S(=O)(=O)c1ccccc1. The van der Waals surface area contributed by atoms with Crippen LogP contribution in [0.3, 0.4) is 0 Å². The van der Waals surface area contributed by atoms with Crippen molar-refractivity contribution < 1.29 is 8.42 Å².